The van der Waals surface area contributed by atoms with E-state index in [4.69, 9.17) is 87.5 Å². The number of nitrogens with one attached hydrogen (secondary N) is 6. The van der Waals surface area contributed by atoms with Crippen LogP contribution >= 0.6 is 70.6 Å². The van der Waals surface area contributed by atoms with E-state index in [0.717, 1.165) is 32.1 Å². The Morgan fingerprint density at radius 1 is 0.317 bits per heavy atom. The van der Waals surface area contributed by atoms with E-state index < -0.39 is 212 Å². The number of carboxylic acid groups (broad SMARTS) is 6. The van der Waals surface area contributed by atoms with E-state index in [1.165, 1.54) is 48.5 Å². The molecule has 1 aromatic rings. The number of hydrogen-bond acceptors (Lipinski definition) is 42. The summed E-state index contributed by atoms with van der Waals surface area (Å²) in [6.45, 7) is 38.8. The van der Waals surface area contributed by atoms with Crippen LogP contribution in [0.25, 0.3) is 0 Å². The molecule has 54 heteroatoms. The second kappa shape index (κ2) is 73.6. The standard InChI is InChI=1S/C17H27NO7S.C17H21NO7S.C15H25NO7S.C14H23NO7S.C13H21NO7S.C12H19NO7S/c2*1-10(2)16(24-15(22)12-7-5-4-6-8-12)25-17(23)26-9-13(14(20)21)18-11(3)19;1-8(2)12(22-13(20)15(4,5)6)23-14(21)24-7-10(11(18)19)16-9(3)17;1-7(2)12(19)21-13(8(3)4)22-14(20)23-6-10(11(17)18)15-9(5)16;1-5-10(16)20-12(7(2)3)21-13(19)22-6-9(11(17)18)14-8(4)15;1-6(2)11(19-8(4)15)20-12(18)21-5-9(10(16)17)13-7(3)14/h10,12-13,16H,4-9H2,1-3H3,(H,18,19)(H,20,21);4-8,10,13,16H,9H2,1-3H3,(H,18,19)(H,20,21);8,10,12H,7H2,1-6H3,(H,16,17)(H,18,19);7-8,10,13H,6H2,1-5H3,(H,15,16)(H,17,18);7,9,12H,5-6H2,1-4H3,(H,14,15)(H,17,18);6,9,11H,5H2,1-4H3,(H,13,14)(H,16,17)/t2*13-,16-;10-,12-;10-,13-;9-,12-;9-,11-/m000000/s1. The molecule has 1 fully saturated rings. The highest BCUT2D eigenvalue weighted by Crippen LogP contribution is 2.29. The molecule has 0 aromatic heterocycles. The van der Waals surface area contributed by atoms with E-state index in [-0.39, 0.29) is 94.3 Å². The molecule has 48 nitrogen and oxygen atoms in total. The van der Waals surface area contributed by atoms with E-state index in [1.54, 1.807) is 155 Å². The van der Waals surface area contributed by atoms with E-state index in [9.17, 15) is 115 Å². The average molecular weight is 2140 g/mol. The second-order valence-corrected chi connectivity index (χ2v) is 39.3. The molecule has 1 aromatic carbocycles. The fourth-order valence-corrected chi connectivity index (χ4v) is 13.3. The maximum atomic E-state index is 12.2. The molecule has 1 aliphatic rings. The summed E-state index contributed by atoms with van der Waals surface area (Å²) in [5.41, 5.74) is -0.426. The molecule has 0 spiro atoms. The molecule has 12 atom stereocenters. The lowest BCUT2D eigenvalue weighted by molar-refractivity contribution is -0.183. The molecule has 0 heterocycles. The Labute approximate surface area is 847 Å². The Hall–Kier alpha value is -11.4. The molecule has 0 bridgehead atoms. The first kappa shape index (κ1) is 137. The third kappa shape index (κ3) is 68.7. The quantitative estimate of drug-likeness (QED) is 0.0164. The van der Waals surface area contributed by atoms with Crippen LogP contribution in [0.15, 0.2) is 30.3 Å². The topological polar surface area (TPSA) is 714 Å². The van der Waals surface area contributed by atoms with E-state index in [0.29, 0.717) is 76.1 Å². The van der Waals surface area contributed by atoms with Crippen molar-refractivity contribution in [2.24, 2.45) is 52.8 Å². The number of ether oxygens (including phenoxy) is 12. The number of esters is 6. The minimum Gasteiger partial charge on any atom is -0.480 e. The number of carbonyl (C=O) groups excluding carboxylic acids is 18. The van der Waals surface area contributed by atoms with Crippen molar-refractivity contribution >= 4 is 209 Å². The lowest BCUT2D eigenvalue weighted by Gasteiger charge is -2.25. The van der Waals surface area contributed by atoms with Crippen molar-refractivity contribution in [2.45, 2.75) is 286 Å². The Kier molecular flexibility index (Phi) is 71.0. The van der Waals surface area contributed by atoms with Crippen LogP contribution in [0.5, 0.6) is 0 Å². The Morgan fingerprint density at radius 2 is 0.549 bits per heavy atom. The minimum absolute atomic E-state index is 0.150. The number of carbonyl (C=O) groups is 24. The first-order chi connectivity index (χ1) is 65.6. The Balaban J connectivity index is -0.000000806. The van der Waals surface area contributed by atoms with Crippen LogP contribution in [0, 0.1) is 52.8 Å². The molecule has 1 saturated carbocycles. The number of hydrogen-bond donors (Lipinski definition) is 12. The van der Waals surface area contributed by atoms with Crippen LogP contribution in [0.3, 0.4) is 0 Å². The van der Waals surface area contributed by atoms with Crippen LogP contribution in [0.1, 0.15) is 222 Å². The van der Waals surface area contributed by atoms with Gasteiger partial charge < -0.3 is 119 Å². The maximum Gasteiger partial charge on any atom is 0.370 e. The molecule has 142 heavy (non-hydrogen) atoms. The molecule has 0 unspecified atom stereocenters. The first-order valence-electron chi connectivity index (χ1n) is 43.8. The van der Waals surface area contributed by atoms with Crippen molar-refractivity contribution in [1.82, 2.24) is 31.9 Å². The van der Waals surface area contributed by atoms with Crippen molar-refractivity contribution < 1.29 is 203 Å². The summed E-state index contributed by atoms with van der Waals surface area (Å²) < 4.78 is 61.0. The van der Waals surface area contributed by atoms with Crippen molar-refractivity contribution in [3.8, 4) is 0 Å². The SMILES string of the molecule is CC(=O)N[C@@H](CSC(=O)O[C@H](OC(=O)C(C)(C)C)C(C)C)C(=O)O.CC(=O)N[C@@H](CSC(=O)O[C@H](OC(=O)C(C)C)C(C)C)C(=O)O.CC(=O)N[C@@H](CSC(=O)O[C@H](OC(=O)C1CCCCC1)C(C)C)C(=O)O.CC(=O)N[C@@H](CSC(=O)O[C@H](OC(=O)c1ccccc1)C(C)C)C(=O)O.CC(=O)N[C@@H](CSC(=O)O[C@H](OC(C)=O)C(C)C)C(=O)O.CCC(=O)O[C@@H](OC(=O)SC[C@H](NC(C)=O)C(=O)O)C(C)C. The van der Waals surface area contributed by atoms with Crippen molar-refractivity contribution in [3.63, 3.8) is 0 Å². The lowest BCUT2D eigenvalue weighted by atomic mass is 9.89. The molecule has 6 amide bonds. The first-order valence-corrected chi connectivity index (χ1v) is 49.8. The fraction of sp³-hybridized carbons (Fsp3) is 0.659. The third-order valence-corrected chi connectivity index (χ3v) is 21.6. The predicted molar refractivity (Wildman–Crippen MR) is 516 cm³/mol. The summed E-state index contributed by atoms with van der Waals surface area (Å²) >= 11 is 3.53. The van der Waals surface area contributed by atoms with Crippen molar-refractivity contribution in [1.29, 1.82) is 0 Å². The monoisotopic (exact) mass is 2140 g/mol. The van der Waals surface area contributed by atoms with Gasteiger partial charge in [-0.15, -0.1) is 0 Å². The zero-order valence-electron chi connectivity index (χ0n) is 83.7. The van der Waals surface area contributed by atoms with Gasteiger partial charge in [0.05, 0.1) is 22.8 Å². The fourth-order valence-electron chi connectivity index (χ4n) is 9.19. The van der Waals surface area contributed by atoms with E-state index in [1.807, 2.05) is 0 Å². The summed E-state index contributed by atoms with van der Waals surface area (Å²) in [6.07, 6.45) is -1.52. The van der Waals surface area contributed by atoms with Crippen LogP contribution in [0.4, 0.5) is 28.8 Å². The van der Waals surface area contributed by atoms with Crippen LogP contribution in [-0.2, 0) is 138 Å². The molecule has 12 N–H and O–H groups in total. The van der Waals surface area contributed by atoms with Crippen LogP contribution in [-0.4, -0.2) is 278 Å². The normalized spacial score (nSPS) is 14.0. The highest BCUT2D eigenvalue weighted by molar-refractivity contribution is 8.14. The maximum absolute atomic E-state index is 12.2. The summed E-state index contributed by atoms with van der Waals surface area (Å²) in [6, 6.07) is 0.992. The van der Waals surface area contributed by atoms with E-state index >= 15 is 0 Å². The van der Waals surface area contributed by atoms with Gasteiger partial charge in [0, 0.05) is 125 Å². The zero-order chi connectivity index (χ0) is 110. The largest absolute Gasteiger partial charge is 0.480 e. The van der Waals surface area contributed by atoms with Gasteiger partial charge in [0.1, 0.15) is 36.3 Å². The summed E-state index contributed by atoms with van der Waals surface area (Å²) in [7, 11) is 0. The van der Waals surface area contributed by atoms with Crippen molar-refractivity contribution in [2.75, 3.05) is 34.5 Å². The predicted octanol–water partition coefficient (Wildman–Crippen LogP) is 10.9. The number of carboxylic acids is 6. The summed E-state index contributed by atoms with van der Waals surface area (Å²) in [5, 5.41) is 62.3. The van der Waals surface area contributed by atoms with Gasteiger partial charge in [-0.3, -0.25) is 52.7 Å². The molecule has 1 aliphatic carbocycles. The molecule has 806 valence electrons. The lowest BCUT2D eigenvalue weighted by Crippen LogP contribution is -2.41. The Morgan fingerprint density at radius 3 is 0.768 bits per heavy atom. The molecule has 0 aliphatic heterocycles. The van der Waals surface area contributed by atoms with Crippen LogP contribution in [0.2, 0.25) is 0 Å². The molecule has 0 radical (unpaired) electrons. The minimum atomic E-state index is -1.27. The van der Waals surface area contributed by atoms with Crippen LogP contribution < -0.4 is 31.9 Å². The number of benzene rings is 1. The Bertz CT molecular complexity index is 4300. The number of thioether (sulfide) groups is 6. The zero-order valence-corrected chi connectivity index (χ0v) is 88.6. The average Bonchev–Trinajstić information content (AvgIpc) is 0.885. The van der Waals surface area contributed by atoms with Gasteiger partial charge in [-0.2, -0.15) is 0 Å². The second-order valence-electron chi connectivity index (χ2n) is 33.5. The van der Waals surface area contributed by atoms with Gasteiger partial charge in [0.15, 0.2) is 0 Å². The van der Waals surface area contributed by atoms with Gasteiger partial charge in [-0.1, -0.05) is 141 Å². The van der Waals surface area contributed by atoms with Gasteiger partial charge in [0.25, 0.3) is 37.7 Å². The van der Waals surface area contributed by atoms with Gasteiger partial charge in [0.2, 0.25) is 35.4 Å². The molecule has 0 saturated heterocycles. The number of rotatable bonds is 46. The van der Waals surface area contributed by atoms with Gasteiger partial charge in [-0.05, 0) is 116 Å². The third-order valence-electron chi connectivity index (χ3n) is 16.6. The van der Waals surface area contributed by atoms with Crippen molar-refractivity contribution in [3.05, 3.63) is 35.9 Å². The van der Waals surface area contributed by atoms with Gasteiger partial charge >= 0.3 is 103 Å². The van der Waals surface area contributed by atoms with Gasteiger partial charge in [-0.25, -0.2) is 62.3 Å². The summed E-state index contributed by atoms with van der Waals surface area (Å²) in [4.78, 5) is 272. The smallest absolute Gasteiger partial charge is 0.370 e. The number of amides is 6. The molecule has 2 rings (SSSR count). The highest BCUT2D eigenvalue weighted by Gasteiger charge is 2.36. The number of aliphatic carboxylic acids is 6. The summed E-state index contributed by atoms with van der Waals surface area (Å²) in [5.74, 6) is -17.0. The van der Waals surface area contributed by atoms with E-state index in [2.05, 4.69) is 31.9 Å². The highest BCUT2D eigenvalue weighted by atomic mass is 32.2. The molecular weight excluding hydrogens is 2010 g/mol. The molecular formula is C88H136N6O42S6.